The van der Waals surface area contributed by atoms with Gasteiger partial charge in [-0.3, -0.25) is 0 Å². The zero-order valence-electron chi connectivity index (χ0n) is 16.6. The highest BCUT2D eigenvalue weighted by atomic mass is 19.1. The first-order chi connectivity index (χ1) is 13.9. The highest BCUT2D eigenvalue weighted by Crippen LogP contribution is 2.29. The molecule has 1 amide bonds. The number of likely N-dealkylation sites (N-methyl/N-ethyl adjacent to an activating group) is 1. The third-order valence-corrected chi connectivity index (χ3v) is 5.27. The molecule has 0 radical (unpaired) electrons. The van der Waals surface area contributed by atoms with Crippen molar-refractivity contribution in [2.45, 2.75) is 38.0 Å². The number of benzene rings is 2. The molecule has 0 bridgehead atoms. The maximum Gasteiger partial charge on any atom is 0.410 e. The number of carbonyl (C=O) groups excluding carboxylic acids is 1. The molecule has 3 unspecified atom stereocenters. The van der Waals surface area contributed by atoms with Crippen LogP contribution in [0.2, 0.25) is 0 Å². The summed E-state index contributed by atoms with van der Waals surface area (Å²) in [5.74, 6) is -1.23. The van der Waals surface area contributed by atoms with Crippen LogP contribution in [0.3, 0.4) is 0 Å². The number of cyclic esters (lactones) is 1. The van der Waals surface area contributed by atoms with Gasteiger partial charge in [0.2, 0.25) is 0 Å². The molecule has 1 heterocycles. The van der Waals surface area contributed by atoms with Gasteiger partial charge in [0.05, 0.1) is 12.1 Å². The van der Waals surface area contributed by atoms with E-state index in [4.69, 9.17) is 4.74 Å². The predicted molar refractivity (Wildman–Crippen MR) is 106 cm³/mol. The lowest BCUT2D eigenvalue weighted by Gasteiger charge is -2.36. The summed E-state index contributed by atoms with van der Waals surface area (Å²) < 4.78 is 32.6. The predicted octanol–water partition coefficient (Wildman–Crippen LogP) is 3.87. The average molecular weight is 404 g/mol. The maximum absolute atomic E-state index is 14.0. The number of carbonyl (C=O) groups is 1. The average Bonchev–Trinajstić information content (AvgIpc) is 2.68. The molecule has 2 aromatic carbocycles. The minimum atomic E-state index is -0.614. The third-order valence-electron chi connectivity index (χ3n) is 5.27. The van der Waals surface area contributed by atoms with E-state index in [0.717, 1.165) is 11.6 Å². The van der Waals surface area contributed by atoms with Gasteiger partial charge >= 0.3 is 6.09 Å². The van der Waals surface area contributed by atoms with E-state index in [2.05, 4.69) is 5.32 Å². The van der Waals surface area contributed by atoms with Crippen LogP contribution in [-0.4, -0.2) is 48.4 Å². The Morgan fingerprint density at radius 1 is 1.24 bits per heavy atom. The lowest BCUT2D eigenvalue weighted by Crippen LogP contribution is -2.44. The first-order valence-corrected chi connectivity index (χ1v) is 9.74. The second-order valence-corrected chi connectivity index (χ2v) is 7.36. The quantitative estimate of drug-likeness (QED) is 0.735. The summed E-state index contributed by atoms with van der Waals surface area (Å²) in [6.45, 7) is 2.89. The van der Waals surface area contributed by atoms with Crippen molar-refractivity contribution in [2.24, 2.45) is 0 Å². The van der Waals surface area contributed by atoms with E-state index in [1.807, 2.05) is 19.1 Å². The van der Waals surface area contributed by atoms with Crippen LogP contribution in [0.15, 0.2) is 42.5 Å². The molecule has 0 spiro atoms. The van der Waals surface area contributed by atoms with Crippen LogP contribution >= 0.6 is 0 Å². The van der Waals surface area contributed by atoms with Gasteiger partial charge in [0.1, 0.15) is 17.7 Å². The van der Waals surface area contributed by atoms with E-state index in [0.29, 0.717) is 37.1 Å². The SMILES string of the molecule is CNCC(O)CC1CCN(C(C)c2ccc(-c3ccc(F)cc3F)cc2)C(=O)O1. The largest absolute Gasteiger partial charge is 0.446 e. The minimum absolute atomic E-state index is 0.210. The van der Waals surface area contributed by atoms with Crippen LogP contribution in [0.4, 0.5) is 13.6 Å². The zero-order valence-corrected chi connectivity index (χ0v) is 16.6. The Kier molecular flexibility index (Phi) is 6.82. The summed E-state index contributed by atoms with van der Waals surface area (Å²) >= 11 is 0. The number of halogens is 2. The number of aliphatic hydroxyl groups is 1. The van der Waals surface area contributed by atoms with Crippen LogP contribution in [-0.2, 0) is 4.74 Å². The summed E-state index contributed by atoms with van der Waals surface area (Å²) in [6.07, 6.45) is -0.194. The van der Waals surface area contributed by atoms with Crippen molar-refractivity contribution in [3.05, 3.63) is 59.7 Å². The molecule has 1 fully saturated rings. The molecule has 29 heavy (non-hydrogen) atoms. The lowest BCUT2D eigenvalue weighted by atomic mass is 9.99. The van der Waals surface area contributed by atoms with Crippen molar-refractivity contribution in [1.82, 2.24) is 10.2 Å². The standard InChI is InChI=1S/C22H26F2N2O3/c1-14(26-10-9-19(29-22(26)28)12-18(27)13-25-2)15-3-5-16(6-4-15)20-8-7-17(23)11-21(20)24/h3-8,11,14,18-19,25,27H,9-10,12-13H2,1-2H3. The number of ether oxygens (including phenoxy) is 1. The number of hydrogen-bond donors (Lipinski definition) is 2. The fourth-order valence-corrected chi connectivity index (χ4v) is 3.63. The van der Waals surface area contributed by atoms with Crippen molar-refractivity contribution >= 4 is 6.09 Å². The normalized spacial score (nSPS) is 19.0. The molecule has 156 valence electrons. The Morgan fingerprint density at radius 2 is 1.97 bits per heavy atom. The molecule has 1 aliphatic rings. The summed E-state index contributed by atoms with van der Waals surface area (Å²) in [4.78, 5) is 14.1. The molecule has 3 atom stereocenters. The van der Waals surface area contributed by atoms with Gasteiger partial charge < -0.3 is 20.1 Å². The van der Waals surface area contributed by atoms with E-state index in [1.165, 1.54) is 12.1 Å². The molecule has 2 N–H and O–H groups in total. The second kappa shape index (κ2) is 9.33. The topological polar surface area (TPSA) is 61.8 Å². The van der Waals surface area contributed by atoms with Crippen LogP contribution in [0, 0.1) is 11.6 Å². The van der Waals surface area contributed by atoms with Gasteiger partial charge in [-0.25, -0.2) is 13.6 Å². The van der Waals surface area contributed by atoms with Crippen molar-refractivity contribution in [3.8, 4) is 11.1 Å². The fourth-order valence-electron chi connectivity index (χ4n) is 3.63. The second-order valence-electron chi connectivity index (χ2n) is 7.36. The minimum Gasteiger partial charge on any atom is -0.446 e. The van der Waals surface area contributed by atoms with Crippen LogP contribution in [0.25, 0.3) is 11.1 Å². The van der Waals surface area contributed by atoms with Crippen molar-refractivity contribution < 1.29 is 23.4 Å². The Bertz CT molecular complexity index is 844. The molecule has 0 saturated carbocycles. The fraction of sp³-hybridized carbons (Fsp3) is 0.409. The number of aliphatic hydroxyl groups excluding tert-OH is 1. The monoisotopic (exact) mass is 404 g/mol. The molecular formula is C22H26F2N2O3. The highest BCUT2D eigenvalue weighted by Gasteiger charge is 2.31. The summed E-state index contributed by atoms with van der Waals surface area (Å²) in [5.41, 5.74) is 1.85. The number of rotatable bonds is 7. The molecule has 5 nitrogen and oxygen atoms in total. The van der Waals surface area contributed by atoms with E-state index >= 15 is 0 Å². The van der Waals surface area contributed by atoms with E-state index in [-0.39, 0.29) is 12.1 Å². The zero-order chi connectivity index (χ0) is 21.0. The molecule has 1 aliphatic heterocycles. The van der Waals surface area contributed by atoms with Gasteiger partial charge in [0.15, 0.2) is 0 Å². The van der Waals surface area contributed by atoms with E-state index < -0.39 is 23.8 Å². The number of amides is 1. The Labute approximate surface area is 169 Å². The molecule has 2 aromatic rings. The molecule has 0 aliphatic carbocycles. The molecule has 7 heteroatoms. The van der Waals surface area contributed by atoms with Gasteiger partial charge in [-0.05, 0) is 37.2 Å². The van der Waals surface area contributed by atoms with Crippen molar-refractivity contribution in [2.75, 3.05) is 20.1 Å². The summed E-state index contributed by atoms with van der Waals surface area (Å²) in [7, 11) is 1.76. The van der Waals surface area contributed by atoms with Gasteiger partial charge in [0, 0.05) is 37.6 Å². The first-order valence-electron chi connectivity index (χ1n) is 9.74. The van der Waals surface area contributed by atoms with Gasteiger partial charge in [0.25, 0.3) is 0 Å². The summed E-state index contributed by atoms with van der Waals surface area (Å²) in [6, 6.07) is 10.5. The molecular weight excluding hydrogens is 378 g/mol. The smallest absolute Gasteiger partial charge is 0.410 e. The van der Waals surface area contributed by atoms with Gasteiger partial charge in [-0.15, -0.1) is 0 Å². The third kappa shape index (κ3) is 5.10. The Balaban J connectivity index is 1.65. The summed E-state index contributed by atoms with van der Waals surface area (Å²) in [5, 5.41) is 12.8. The number of nitrogens with one attached hydrogen (secondary N) is 1. The number of hydrogen-bond acceptors (Lipinski definition) is 4. The first kappa shape index (κ1) is 21.2. The molecule has 1 saturated heterocycles. The van der Waals surface area contributed by atoms with Crippen molar-refractivity contribution in [3.63, 3.8) is 0 Å². The van der Waals surface area contributed by atoms with E-state index in [1.54, 1.807) is 24.1 Å². The van der Waals surface area contributed by atoms with E-state index in [9.17, 15) is 18.7 Å². The van der Waals surface area contributed by atoms with Crippen molar-refractivity contribution in [1.29, 1.82) is 0 Å². The Morgan fingerprint density at radius 3 is 2.59 bits per heavy atom. The molecule has 0 aromatic heterocycles. The van der Waals surface area contributed by atoms with Gasteiger partial charge in [-0.1, -0.05) is 24.3 Å². The highest BCUT2D eigenvalue weighted by molar-refractivity contribution is 5.69. The van der Waals surface area contributed by atoms with Gasteiger partial charge in [-0.2, -0.15) is 0 Å². The lowest BCUT2D eigenvalue weighted by molar-refractivity contribution is -0.00800. The Hall–Kier alpha value is -2.51. The molecule has 3 rings (SSSR count). The number of nitrogens with zero attached hydrogens (tertiary/aromatic N) is 1. The van der Waals surface area contributed by atoms with Crippen LogP contribution in [0.5, 0.6) is 0 Å². The van der Waals surface area contributed by atoms with Crippen LogP contribution < -0.4 is 5.32 Å². The van der Waals surface area contributed by atoms with Crippen LogP contribution in [0.1, 0.15) is 31.4 Å². The maximum atomic E-state index is 14.0.